The van der Waals surface area contributed by atoms with Gasteiger partial charge in [-0.2, -0.15) is 0 Å². The summed E-state index contributed by atoms with van der Waals surface area (Å²) in [5.74, 6) is -0.325. The Balaban J connectivity index is 1.93. The second kappa shape index (κ2) is 5.45. The van der Waals surface area contributed by atoms with Crippen molar-refractivity contribution in [1.29, 1.82) is 0 Å². The third-order valence-corrected chi connectivity index (χ3v) is 5.03. The molecule has 114 valence electrons. The van der Waals surface area contributed by atoms with Gasteiger partial charge in [-0.25, -0.2) is 22.8 Å². The third kappa shape index (κ3) is 3.03. The van der Waals surface area contributed by atoms with E-state index in [-0.39, 0.29) is 4.90 Å². The number of fused-ring (bicyclic) bond motifs is 1. The average molecular weight is 358 g/mol. The van der Waals surface area contributed by atoms with Crippen molar-refractivity contribution in [2.24, 2.45) is 0 Å². The maximum absolute atomic E-state index is 13.8. The van der Waals surface area contributed by atoms with E-state index in [9.17, 15) is 12.8 Å². The van der Waals surface area contributed by atoms with Gasteiger partial charge in [-0.15, -0.1) is 0 Å². The fraction of sp³-hybridized carbons (Fsp3) is 0.0769. The van der Waals surface area contributed by atoms with Crippen LogP contribution in [0.15, 0.2) is 35.2 Å². The lowest BCUT2D eigenvalue weighted by molar-refractivity contribution is 0.571. The summed E-state index contributed by atoms with van der Waals surface area (Å²) in [7, 11) is -3.59. The highest BCUT2D eigenvalue weighted by molar-refractivity contribution is 7.90. The SMILES string of the molecule is CS(=O)(=O)c1ccc(Nc2ccc3nc(Cl)sc3n2)cc1F. The van der Waals surface area contributed by atoms with Crippen molar-refractivity contribution in [3.63, 3.8) is 0 Å². The van der Waals surface area contributed by atoms with Crippen molar-refractivity contribution in [3.8, 4) is 0 Å². The molecule has 3 rings (SSSR count). The molecule has 0 bridgehead atoms. The summed E-state index contributed by atoms with van der Waals surface area (Å²) in [6, 6.07) is 7.23. The summed E-state index contributed by atoms with van der Waals surface area (Å²) in [6.07, 6.45) is 0.960. The molecule has 0 amide bonds. The van der Waals surface area contributed by atoms with E-state index in [4.69, 9.17) is 11.6 Å². The van der Waals surface area contributed by atoms with Gasteiger partial charge in [0.1, 0.15) is 26.9 Å². The molecule has 0 aliphatic heterocycles. The highest BCUT2D eigenvalue weighted by Gasteiger charge is 2.14. The van der Waals surface area contributed by atoms with Gasteiger partial charge in [0.2, 0.25) is 0 Å². The highest BCUT2D eigenvalue weighted by atomic mass is 35.5. The minimum atomic E-state index is -3.59. The maximum atomic E-state index is 13.8. The van der Waals surface area contributed by atoms with Crippen LogP contribution in [0.25, 0.3) is 10.3 Å². The Kier molecular flexibility index (Phi) is 3.75. The summed E-state index contributed by atoms with van der Waals surface area (Å²) in [6.45, 7) is 0. The first-order chi connectivity index (χ1) is 10.3. The molecule has 0 radical (unpaired) electrons. The van der Waals surface area contributed by atoms with E-state index in [1.807, 2.05) is 0 Å². The van der Waals surface area contributed by atoms with Crippen molar-refractivity contribution in [3.05, 3.63) is 40.6 Å². The molecule has 0 saturated carbocycles. The van der Waals surface area contributed by atoms with Crippen molar-refractivity contribution in [1.82, 2.24) is 9.97 Å². The number of rotatable bonds is 3. The molecule has 22 heavy (non-hydrogen) atoms. The Hall–Kier alpha value is -1.77. The molecule has 3 aromatic rings. The lowest BCUT2D eigenvalue weighted by Gasteiger charge is -2.07. The normalized spacial score (nSPS) is 11.8. The third-order valence-electron chi connectivity index (χ3n) is 2.83. The molecular formula is C13H9ClFN3O2S2. The molecular weight excluding hydrogens is 349 g/mol. The van der Waals surface area contributed by atoms with Crippen LogP contribution < -0.4 is 5.32 Å². The Bertz CT molecular complexity index is 973. The monoisotopic (exact) mass is 357 g/mol. The second-order valence-corrected chi connectivity index (χ2v) is 8.07. The number of nitrogens with zero attached hydrogens (tertiary/aromatic N) is 2. The smallest absolute Gasteiger partial charge is 0.186 e. The van der Waals surface area contributed by atoms with E-state index in [1.165, 1.54) is 23.5 Å². The first-order valence-corrected chi connectivity index (χ1v) is 9.11. The van der Waals surface area contributed by atoms with Gasteiger partial charge in [0.25, 0.3) is 0 Å². The van der Waals surface area contributed by atoms with Gasteiger partial charge in [0, 0.05) is 11.9 Å². The molecule has 1 aromatic carbocycles. The zero-order chi connectivity index (χ0) is 15.9. The van der Waals surface area contributed by atoms with Crippen LogP contribution in [-0.2, 0) is 9.84 Å². The summed E-state index contributed by atoms with van der Waals surface area (Å²) in [5, 5.41) is 2.91. The number of hydrogen-bond acceptors (Lipinski definition) is 6. The number of hydrogen-bond donors (Lipinski definition) is 1. The van der Waals surface area contributed by atoms with Gasteiger partial charge in [-0.3, -0.25) is 0 Å². The number of benzene rings is 1. The second-order valence-electron chi connectivity index (χ2n) is 4.53. The largest absolute Gasteiger partial charge is 0.340 e. The number of halogens is 2. The molecule has 2 heterocycles. The van der Waals surface area contributed by atoms with Gasteiger partial charge in [-0.1, -0.05) is 22.9 Å². The van der Waals surface area contributed by atoms with Gasteiger partial charge in [-0.05, 0) is 30.3 Å². The number of aromatic nitrogens is 2. The minimum Gasteiger partial charge on any atom is -0.340 e. The van der Waals surface area contributed by atoms with Gasteiger partial charge < -0.3 is 5.32 Å². The number of thiazole rings is 1. The van der Waals surface area contributed by atoms with E-state index < -0.39 is 15.7 Å². The molecule has 0 saturated heterocycles. The van der Waals surface area contributed by atoms with Crippen LogP contribution in [0.1, 0.15) is 0 Å². The first-order valence-electron chi connectivity index (χ1n) is 6.03. The number of anilines is 2. The molecule has 9 heteroatoms. The van der Waals surface area contributed by atoms with E-state index >= 15 is 0 Å². The summed E-state index contributed by atoms with van der Waals surface area (Å²) in [5.41, 5.74) is 1.08. The van der Waals surface area contributed by atoms with Crippen LogP contribution in [0.4, 0.5) is 15.9 Å². The van der Waals surface area contributed by atoms with Crippen LogP contribution in [0.3, 0.4) is 0 Å². The first kappa shape index (κ1) is 15.1. The van der Waals surface area contributed by atoms with Gasteiger partial charge >= 0.3 is 0 Å². The zero-order valence-corrected chi connectivity index (χ0v) is 13.6. The van der Waals surface area contributed by atoms with E-state index in [2.05, 4.69) is 15.3 Å². The minimum absolute atomic E-state index is 0.337. The zero-order valence-electron chi connectivity index (χ0n) is 11.2. The van der Waals surface area contributed by atoms with Crippen molar-refractivity contribution >= 4 is 54.6 Å². The van der Waals surface area contributed by atoms with Gasteiger partial charge in [0.15, 0.2) is 14.3 Å². The average Bonchev–Trinajstić information content (AvgIpc) is 2.76. The van der Waals surface area contributed by atoms with Crippen molar-refractivity contribution in [2.45, 2.75) is 4.90 Å². The van der Waals surface area contributed by atoms with Crippen LogP contribution in [-0.4, -0.2) is 24.6 Å². The Labute approximate surface area is 134 Å². The predicted molar refractivity (Wildman–Crippen MR) is 85.2 cm³/mol. The lowest BCUT2D eigenvalue weighted by Crippen LogP contribution is -2.02. The topological polar surface area (TPSA) is 72.0 Å². The predicted octanol–water partition coefficient (Wildman–Crippen LogP) is 3.63. The molecule has 0 unspecified atom stereocenters. The highest BCUT2D eigenvalue weighted by Crippen LogP contribution is 2.27. The van der Waals surface area contributed by atoms with E-state index in [0.717, 1.165) is 12.3 Å². The molecule has 0 aliphatic carbocycles. The van der Waals surface area contributed by atoms with Crippen LogP contribution in [0.2, 0.25) is 4.47 Å². The van der Waals surface area contributed by atoms with Crippen molar-refractivity contribution < 1.29 is 12.8 Å². The van der Waals surface area contributed by atoms with Crippen LogP contribution in [0.5, 0.6) is 0 Å². The number of sulfone groups is 1. The van der Waals surface area contributed by atoms with Gasteiger partial charge in [0.05, 0.1) is 0 Å². The molecule has 5 nitrogen and oxygen atoms in total. The summed E-state index contributed by atoms with van der Waals surface area (Å²) in [4.78, 5) is 8.71. The molecule has 1 N–H and O–H groups in total. The molecule has 2 aromatic heterocycles. The lowest BCUT2D eigenvalue weighted by atomic mass is 10.3. The van der Waals surface area contributed by atoms with Crippen molar-refractivity contribution in [2.75, 3.05) is 11.6 Å². The fourth-order valence-corrected chi connectivity index (χ4v) is 3.59. The molecule has 0 atom stereocenters. The summed E-state index contributed by atoms with van der Waals surface area (Å²) < 4.78 is 37.0. The van der Waals surface area contributed by atoms with E-state index in [1.54, 1.807) is 12.1 Å². The Morgan fingerprint density at radius 3 is 2.68 bits per heavy atom. The van der Waals surface area contributed by atoms with Crippen LogP contribution >= 0.6 is 22.9 Å². The number of nitrogens with one attached hydrogen (secondary N) is 1. The molecule has 0 spiro atoms. The number of pyridine rings is 1. The standard InChI is InChI=1S/C13H9ClFN3O2S2/c1-22(19,20)10-4-2-7(6-8(10)15)16-11-5-3-9-12(18-11)21-13(14)17-9/h2-6H,1H3,(H,16,18). The van der Waals surface area contributed by atoms with Crippen LogP contribution in [0, 0.1) is 5.82 Å². The maximum Gasteiger partial charge on any atom is 0.186 e. The Morgan fingerprint density at radius 1 is 1.23 bits per heavy atom. The fourth-order valence-electron chi connectivity index (χ4n) is 1.89. The Morgan fingerprint density at radius 2 is 2.00 bits per heavy atom. The summed E-state index contributed by atoms with van der Waals surface area (Å²) >= 11 is 7.05. The molecule has 0 aliphatic rings. The quantitative estimate of drug-likeness (QED) is 0.775. The molecule has 0 fully saturated rings. The van der Waals surface area contributed by atoms with E-state index in [0.29, 0.717) is 26.3 Å².